The zero-order chi connectivity index (χ0) is 15.1. The van der Waals surface area contributed by atoms with Crippen molar-refractivity contribution in [1.82, 2.24) is 5.32 Å². The van der Waals surface area contributed by atoms with Gasteiger partial charge in [0, 0.05) is 17.6 Å². The maximum absolute atomic E-state index is 5.56. The van der Waals surface area contributed by atoms with E-state index in [1.54, 1.807) is 7.11 Å². The van der Waals surface area contributed by atoms with Crippen LogP contribution in [0.3, 0.4) is 0 Å². The number of methoxy groups -OCH3 is 1. The topological polar surface area (TPSA) is 30.5 Å². The van der Waals surface area contributed by atoms with E-state index in [4.69, 9.17) is 9.47 Å². The monoisotopic (exact) mass is 349 g/mol. The van der Waals surface area contributed by atoms with Crippen LogP contribution in [0.2, 0.25) is 0 Å². The molecule has 2 aromatic rings. The van der Waals surface area contributed by atoms with E-state index in [0.29, 0.717) is 6.61 Å². The number of halogens is 1. The molecule has 0 amide bonds. The molecule has 0 saturated carbocycles. The fraction of sp³-hybridized carbons (Fsp3) is 0.294. The summed E-state index contributed by atoms with van der Waals surface area (Å²) in [4.78, 5) is 0. The van der Waals surface area contributed by atoms with Crippen LogP contribution in [0.5, 0.6) is 11.5 Å². The first-order valence-corrected chi connectivity index (χ1v) is 7.77. The lowest BCUT2D eigenvalue weighted by Crippen LogP contribution is -2.13. The van der Waals surface area contributed by atoms with Crippen LogP contribution in [-0.4, -0.2) is 13.7 Å². The SMILES string of the molecule is CCOc1cc(Br)c(CNCc2ccccc2)cc1OC. The third-order valence-corrected chi connectivity index (χ3v) is 3.86. The molecule has 0 aromatic heterocycles. The molecule has 21 heavy (non-hydrogen) atoms. The van der Waals surface area contributed by atoms with Crippen LogP contribution >= 0.6 is 15.9 Å². The zero-order valence-electron chi connectivity index (χ0n) is 12.4. The molecule has 0 aliphatic carbocycles. The van der Waals surface area contributed by atoms with Gasteiger partial charge in [-0.05, 0) is 30.2 Å². The van der Waals surface area contributed by atoms with Crippen LogP contribution < -0.4 is 14.8 Å². The van der Waals surface area contributed by atoms with Gasteiger partial charge in [-0.15, -0.1) is 0 Å². The molecule has 112 valence electrons. The van der Waals surface area contributed by atoms with E-state index in [1.165, 1.54) is 5.56 Å². The van der Waals surface area contributed by atoms with Crippen molar-refractivity contribution >= 4 is 15.9 Å². The second kappa shape index (κ2) is 8.05. The highest BCUT2D eigenvalue weighted by Crippen LogP contribution is 2.33. The Balaban J connectivity index is 2.02. The lowest BCUT2D eigenvalue weighted by Gasteiger charge is -2.13. The number of hydrogen-bond donors (Lipinski definition) is 1. The molecule has 0 unspecified atom stereocenters. The molecule has 1 N–H and O–H groups in total. The van der Waals surface area contributed by atoms with Crippen LogP contribution in [0.4, 0.5) is 0 Å². The molecule has 0 heterocycles. The van der Waals surface area contributed by atoms with Crippen LogP contribution in [0.1, 0.15) is 18.1 Å². The molecule has 3 nitrogen and oxygen atoms in total. The maximum Gasteiger partial charge on any atom is 0.162 e. The minimum Gasteiger partial charge on any atom is -0.493 e. The van der Waals surface area contributed by atoms with Gasteiger partial charge in [0.1, 0.15) is 0 Å². The van der Waals surface area contributed by atoms with Gasteiger partial charge in [-0.3, -0.25) is 0 Å². The fourth-order valence-corrected chi connectivity index (χ4v) is 2.54. The Hall–Kier alpha value is -1.52. The summed E-state index contributed by atoms with van der Waals surface area (Å²) >= 11 is 3.59. The summed E-state index contributed by atoms with van der Waals surface area (Å²) in [5.74, 6) is 1.52. The van der Waals surface area contributed by atoms with Gasteiger partial charge < -0.3 is 14.8 Å². The Morgan fingerprint density at radius 1 is 1.05 bits per heavy atom. The summed E-state index contributed by atoms with van der Waals surface area (Å²) in [6, 6.07) is 14.3. The zero-order valence-corrected chi connectivity index (χ0v) is 13.9. The number of ether oxygens (including phenoxy) is 2. The first-order chi connectivity index (χ1) is 10.2. The largest absolute Gasteiger partial charge is 0.493 e. The molecule has 2 rings (SSSR count). The van der Waals surface area contributed by atoms with Gasteiger partial charge in [-0.25, -0.2) is 0 Å². The van der Waals surface area contributed by atoms with E-state index in [-0.39, 0.29) is 0 Å². The second-order valence-corrected chi connectivity index (χ2v) is 5.47. The molecule has 0 aliphatic rings. The summed E-state index contributed by atoms with van der Waals surface area (Å²) in [6.07, 6.45) is 0. The van der Waals surface area contributed by atoms with Crippen LogP contribution in [0.15, 0.2) is 46.9 Å². The number of benzene rings is 2. The van der Waals surface area contributed by atoms with Crippen molar-refractivity contribution in [1.29, 1.82) is 0 Å². The molecular formula is C17H20BrNO2. The highest BCUT2D eigenvalue weighted by atomic mass is 79.9. The smallest absolute Gasteiger partial charge is 0.162 e. The van der Waals surface area contributed by atoms with Crippen molar-refractivity contribution in [2.75, 3.05) is 13.7 Å². The van der Waals surface area contributed by atoms with Crippen molar-refractivity contribution in [3.63, 3.8) is 0 Å². The van der Waals surface area contributed by atoms with Gasteiger partial charge in [0.15, 0.2) is 11.5 Å². The van der Waals surface area contributed by atoms with Crippen molar-refractivity contribution in [3.05, 3.63) is 58.1 Å². The van der Waals surface area contributed by atoms with Crippen LogP contribution in [-0.2, 0) is 13.1 Å². The van der Waals surface area contributed by atoms with Gasteiger partial charge in [0.05, 0.1) is 13.7 Å². The molecule has 0 fully saturated rings. The predicted molar refractivity (Wildman–Crippen MR) is 88.8 cm³/mol. The minimum absolute atomic E-state index is 0.619. The van der Waals surface area contributed by atoms with Crippen LogP contribution in [0.25, 0.3) is 0 Å². The minimum atomic E-state index is 0.619. The molecular weight excluding hydrogens is 330 g/mol. The molecule has 0 spiro atoms. The highest BCUT2D eigenvalue weighted by molar-refractivity contribution is 9.10. The summed E-state index contributed by atoms with van der Waals surface area (Å²) in [6.45, 7) is 4.18. The normalized spacial score (nSPS) is 10.4. The molecule has 4 heteroatoms. The summed E-state index contributed by atoms with van der Waals surface area (Å²) in [7, 11) is 1.66. The molecule has 0 bridgehead atoms. The van der Waals surface area contributed by atoms with E-state index in [9.17, 15) is 0 Å². The molecule has 0 aliphatic heterocycles. The van der Waals surface area contributed by atoms with Crippen molar-refractivity contribution in [2.24, 2.45) is 0 Å². The number of rotatable bonds is 7. The lowest BCUT2D eigenvalue weighted by atomic mass is 10.2. The van der Waals surface area contributed by atoms with E-state index in [2.05, 4.69) is 33.4 Å². The van der Waals surface area contributed by atoms with Gasteiger partial charge in [0.25, 0.3) is 0 Å². The third kappa shape index (κ3) is 4.48. The maximum atomic E-state index is 5.56. The quantitative estimate of drug-likeness (QED) is 0.814. The molecule has 0 atom stereocenters. The van der Waals surface area contributed by atoms with Crippen molar-refractivity contribution in [3.8, 4) is 11.5 Å². The first kappa shape index (κ1) is 15.9. The average Bonchev–Trinajstić information content (AvgIpc) is 2.51. The summed E-state index contributed by atoms with van der Waals surface area (Å²) in [5.41, 5.74) is 2.41. The van der Waals surface area contributed by atoms with E-state index in [0.717, 1.165) is 34.6 Å². The van der Waals surface area contributed by atoms with Crippen molar-refractivity contribution in [2.45, 2.75) is 20.0 Å². The Morgan fingerprint density at radius 2 is 1.81 bits per heavy atom. The lowest BCUT2D eigenvalue weighted by molar-refractivity contribution is 0.310. The van der Waals surface area contributed by atoms with E-state index < -0.39 is 0 Å². The Bertz CT molecular complexity index is 573. The average molecular weight is 350 g/mol. The Labute approximate surface area is 134 Å². The summed E-state index contributed by atoms with van der Waals surface area (Å²) in [5, 5.41) is 3.44. The first-order valence-electron chi connectivity index (χ1n) is 6.98. The second-order valence-electron chi connectivity index (χ2n) is 4.62. The number of hydrogen-bond acceptors (Lipinski definition) is 3. The van der Waals surface area contributed by atoms with Crippen LogP contribution in [0, 0.1) is 0 Å². The molecule has 0 radical (unpaired) electrons. The summed E-state index contributed by atoms with van der Waals surface area (Å²) < 4.78 is 12.0. The van der Waals surface area contributed by atoms with E-state index >= 15 is 0 Å². The Kier molecular flexibility index (Phi) is 6.08. The fourth-order valence-electron chi connectivity index (χ4n) is 2.08. The standard InChI is InChI=1S/C17H20BrNO2/c1-3-21-17-10-15(18)14(9-16(17)20-2)12-19-11-13-7-5-4-6-8-13/h4-10,19H,3,11-12H2,1-2H3. The van der Waals surface area contributed by atoms with Gasteiger partial charge in [-0.1, -0.05) is 46.3 Å². The molecule has 2 aromatic carbocycles. The molecule has 0 saturated heterocycles. The predicted octanol–water partition coefficient (Wildman–Crippen LogP) is 4.15. The number of nitrogens with one attached hydrogen (secondary N) is 1. The van der Waals surface area contributed by atoms with Crippen molar-refractivity contribution < 1.29 is 9.47 Å². The van der Waals surface area contributed by atoms with Gasteiger partial charge in [-0.2, -0.15) is 0 Å². The van der Waals surface area contributed by atoms with Gasteiger partial charge >= 0.3 is 0 Å². The van der Waals surface area contributed by atoms with E-state index in [1.807, 2.05) is 37.3 Å². The van der Waals surface area contributed by atoms with Gasteiger partial charge in [0.2, 0.25) is 0 Å². The Morgan fingerprint density at radius 3 is 2.48 bits per heavy atom. The third-order valence-electron chi connectivity index (χ3n) is 3.12. The highest BCUT2D eigenvalue weighted by Gasteiger charge is 2.09.